The Kier molecular flexibility index (Phi) is 2.34. The lowest BCUT2D eigenvalue weighted by molar-refractivity contribution is 0.114. The van der Waals surface area contributed by atoms with Crippen LogP contribution in [0.2, 0.25) is 0 Å². The quantitative estimate of drug-likeness (QED) is 0.549. The summed E-state index contributed by atoms with van der Waals surface area (Å²) >= 11 is 0. The molecule has 4 heteroatoms. The maximum atomic E-state index is 11.0. The molecule has 1 aliphatic rings. The summed E-state index contributed by atoms with van der Waals surface area (Å²) < 4.78 is 4.53. The summed E-state index contributed by atoms with van der Waals surface area (Å²) in [4.78, 5) is 12.5. The SMILES string of the molecule is COC(=O)N1C[C@H](O)C[C@H]1C. The minimum atomic E-state index is -0.385. The smallest absolute Gasteiger partial charge is 0.409 e. The highest BCUT2D eigenvalue weighted by atomic mass is 16.5. The number of amides is 1. The molecular formula is C7H13NO3. The summed E-state index contributed by atoms with van der Waals surface area (Å²) in [5, 5.41) is 9.16. The molecule has 1 aliphatic heterocycles. The van der Waals surface area contributed by atoms with Crippen molar-refractivity contribution < 1.29 is 14.6 Å². The van der Waals surface area contributed by atoms with Gasteiger partial charge >= 0.3 is 6.09 Å². The molecule has 1 heterocycles. The van der Waals surface area contributed by atoms with Gasteiger partial charge in [0.1, 0.15) is 0 Å². The largest absolute Gasteiger partial charge is 0.453 e. The van der Waals surface area contributed by atoms with Gasteiger partial charge in [0, 0.05) is 6.04 Å². The van der Waals surface area contributed by atoms with Gasteiger partial charge in [0.15, 0.2) is 0 Å². The van der Waals surface area contributed by atoms with Crippen molar-refractivity contribution in [1.82, 2.24) is 4.90 Å². The fraction of sp³-hybridized carbons (Fsp3) is 0.857. The van der Waals surface area contributed by atoms with Crippen LogP contribution >= 0.6 is 0 Å². The molecule has 1 N–H and O–H groups in total. The number of carbonyl (C=O) groups excluding carboxylic acids is 1. The Bertz CT molecular complexity index is 160. The maximum absolute atomic E-state index is 11.0. The second-order valence-corrected chi connectivity index (χ2v) is 2.86. The van der Waals surface area contributed by atoms with Gasteiger partial charge in [0.05, 0.1) is 19.8 Å². The van der Waals surface area contributed by atoms with Gasteiger partial charge in [0.2, 0.25) is 0 Å². The van der Waals surface area contributed by atoms with Crippen molar-refractivity contribution in [2.75, 3.05) is 13.7 Å². The first-order chi connectivity index (χ1) is 5.15. The Labute approximate surface area is 65.8 Å². The van der Waals surface area contributed by atoms with E-state index in [0.29, 0.717) is 13.0 Å². The standard InChI is InChI=1S/C7H13NO3/c1-5-3-6(9)4-8(5)7(10)11-2/h5-6,9H,3-4H2,1-2H3/t5-,6-/m1/s1. The molecule has 11 heavy (non-hydrogen) atoms. The zero-order chi connectivity index (χ0) is 8.43. The van der Waals surface area contributed by atoms with E-state index in [4.69, 9.17) is 5.11 Å². The molecule has 2 atom stereocenters. The second-order valence-electron chi connectivity index (χ2n) is 2.86. The number of carbonyl (C=O) groups is 1. The predicted octanol–water partition coefficient (Wildman–Crippen LogP) is 0.208. The molecule has 1 fully saturated rings. The van der Waals surface area contributed by atoms with Crippen LogP contribution in [-0.4, -0.2) is 41.9 Å². The Hall–Kier alpha value is -0.770. The zero-order valence-corrected chi connectivity index (χ0v) is 6.78. The fourth-order valence-electron chi connectivity index (χ4n) is 1.37. The Morgan fingerprint density at radius 3 is 2.73 bits per heavy atom. The first kappa shape index (κ1) is 8.33. The molecule has 0 radical (unpaired) electrons. The summed E-state index contributed by atoms with van der Waals surface area (Å²) in [6.07, 6.45) is -0.0899. The topological polar surface area (TPSA) is 49.8 Å². The monoisotopic (exact) mass is 159 g/mol. The number of nitrogens with zero attached hydrogens (tertiary/aromatic N) is 1. The number of β-amino-alcohol motifs (C(OH)–C–C–N with tert-alkyl or cyclic N) is 1. The number of ether oxygens (including phenoxy) is 1. The van der Waals surface area contributed by atoms with E-state index in [1.165, 1.54) is 12.0 Å². The lowest BCUT2D eigenvalue weighted by Gasteiger charge is -2.18. The third-order valence-corrected chi connectivity index (χ3v) is 1.96. The number of aliphatic hydroxyl groups excluding tert-OH is 1. The average Bonchev–Trinajstić information content (AvgIpc) is 2.28. The number of methoxy groups -OCH3 is 1. The van der Waals surface area contributed by atoms with Gasteiger partial charge in [-0.15, -0.1) is 0 Å². The van der Waals surface area contributed by atoms with Gasteiger partial charge in [-0.2, -0.15) is 0 Å². The van der Waals surface area contributed by atoms with E-state index >= 15 is 0 Å². The molecule has 4 nitrogen and oxygen atoms in total. The van der Waals surface area contributed by atoms with E-state index in [9.17, 15) is 4.79 Å². The van der Waals surface area contributed by atoms with Crippen LogP contribution < -0.4 is 0 Å². The van der Waals surface area contributed by atoms with Gasteiger partial charge < -0.3 is 14.7 Å². The van der Waals surface area contributed by atoms with Crippen LogP contribution in [0.4, 0.5) is 4.79 Å². The number of hydrogen-bond donors (Lipinski definition) is 1. The van der Waals surface area contributed by atoms with Crippen molar-refractivity contribution in [3.8, 4) is 0 Å². The highest BCUT2D eigenvalue weighted by Crippen LogP contribution is 2.17. The summed E-state index contributed by atoms with van der Waals surface area (Å²) in [6.45, 7) is 2.29. The molecule has 0 aromatic heterocycles. The number of rotatable bonds is 0. The lowest BCUT2D eigenvalue weighted by Crippen LogP contribution is -2.34. The molecule has 0 aromatic carbocycles. The first-order valence-corrected chi connectivity index (χ1v) is 3.67. The number of aliphatic hydroxyl groups is 1. The van der Waals surface area contributed by atoms with Crippen LogP contribution in [0.1, 0.15) is 13.3 Å². The minimum Gasteiger partial charge on any atom is -0.453 e. The van der Waals surface area contributed by atoms with E-state index in [1.54, 1.807) is 0 Å². The van der Waals surface area contributed by atoms with Crippen molar-refractivity contribution in [2.24, 2.45) is 0 Å². The van der Waals surface area contributed by atoms with Crippen LogP contribution in [0.25, 0.3) is 0 Å². The van der Waals surface area contributed by atoms with Crippen molar-refractivity contribution in [3.05, 3.63) is 0 Å². The molecule has 0 bridgehead atoms. The van der Waals surface area contributed by atoms with Crippen LogP contribution in [0.5, 0.6) is 0 Å². The van der Waals surface area contributed by atoms with E-state index in [-0.39, 0.29) is 18.2 Å². The van der Waals surface area contributed by atoms with Gasteiger partial charge in [0.25, 0.3) is 0 Å². The second kappa shape index (κ2) is 3.09. The van der Waals surface area contributed by atoms with Crippen molar-refractivity contribution >= 4 is 6.09 Å². The molecule has 0 aromatic rings. The summed E-state index contributed by atoms with van der Waals surface area (Å²) in [7, 11) is 1.35. The molecule has 64 valence electrons. The predicted molar refractivity (Wildman–Crippen MR) is 39.2 cm³/mol. The normalized spacial score (nSPS) is 30.6. The molecule has 0 aliphatic carbocycles. The fourth-order valence-corrected chi connectivity index (χ4v) is 1.37. The first-order valence-electron chi connectivity index (χ1n) is 3.67. The van der Waals surface area contributed by atoms with Gasteiger partial charge in [-0.25, -0.2) is 4.79 Å². The van der Waals surface area contributed by atoms with Crippen LogP contribution in [-0.2, 0) is 4.74 Å². The Morgan fingerprint density at radius 1 is 1.73 bits per heavy atom. The van der Waals surface area contributed by atoms with Crippen LogP contribution in [0, 0.1) is 0 Å². The van der Waals surface area contributed by atoms with Gasteiger partial charge in [-0.1, -0.05) is 0 Å². The average molecular weight is 159 g/mol. The zero-order valence-electron chi connectivity index (χ0n) is 6.78. The van der Waals surface area contributed by atoms with E-state index < -0.39 is 0 Å². The van der Waals surface area contributed by atoms with Crippen molar-refractivity contribution in [2.45, 2.75) is 25.5 Å². The Morgan fingerprint density at radius 2 is 2.36 bits per heavy atom. The molecular weight excluding hydrogens is 146 g/mol. The van der Waals surface area contributed by atoms with Crippen LogP contribution in [0.15, 0.2) is 0 Å². The summed E-state index contributed by atoms with van der Waals surface area (Å²) in [6, 6.07) is 0.0949. The molecule has 1 rings (SSSR count). The molecule has 0 unspecified atom stereocenters. The summed E-state index contributed by atoms with van der Waals surface area (Å²) in [5.41, 5.74) is 0. The molecule has 1 saturated heterocycles. The Balaban J connectivity index is 2.52. The summed E-state index contributed by atoms with van der Waals surface area (Å²) in [5.74, 6) is 0. The number of hydrogen-bond acceptors (Lipinski definition) is 3. The maximum Gasteiger partial charge on any atom is 0.409 e. The van der Waals surface area contributed by atoms with Gasteiger partial charge in [-0.3, -0.25) is 0 Å². The van der Waals surface area contributed by atoms with E-state index in [2.05, 4.69) is 4.74 Å². The third-order valence-electron chi connectivity index (χ3n) is 1.96. The highest BCUT2D eigenvalue weighted by molar-refractivity contribution is 5.68. The minimum absolute atomic E-state index is 0.0949. The molecule has 1 amide bonds. The van der Waals surface area contributed by atoms with E-state index in [0.717, 1.165) is 0 Å². The third kappa shape index (κ3) is 1.63. The molecule has 0 saturated carbocycles. The van der Waals surface area contributed by atoms with Crippen molar-refractivity contribution in [1.29, 1.82) is 0 Å². The van der Waals surface area contributed by atoms with E-state index in [1.807, 2.05) is 6.92 Å². The number of likely N-dealkylation sites (tertiary alicyclic amines) is 1. The van der Waals surface area contributed by atoms with Crippen molar-refractivity contribution in [3.63, 3.8) is 0 Å². The highest BCUT2D eigenvalue weighted by Gasteiger charge is 2.31. The van der Waals surface area contributed by atoms with Crippen LogP contribution in [0.3, 0.4) is 0 Å². The molecule has 0 spiro atoms. The van der Waals surface area contributed by atoms with Gasteiger partial charge in [-0.05, 0) is 13.3 Å². The lowest BCUT2D eigenvalue weighted by atomic mass is 10.2.